The van der Waals surface area contributed by atoms with E-state index in [1.54, 1.807) is 29.4 Å². The van der Waals surface area contributed by atoms with E-state index >= 15 is 0 Å². The van der Waals surface area contributed by atoms with Gasteiger partial charge in [0, 0.05) is 29.6 Å². The molecule has 0 N–H and O–H groups in total. The Morgan fingerprint density at radius 3 is 2.70 bits per heavy atom. The van der Waals surface area contributed by atoms with Gasteiger partial charge in [-0.15, -0.1) is 0 Å². The van der Waals surface area contributed by atoms with Crippen LogP contribution >= 0.6 is 0 Å². The van der Waals surface area contributed by atoms with Gasteiger partial charge in [-0.05, 0) is 61.9 Å². The van der Waals surface area contributed by atoms with Crippen molar-refractivity contribution in [3.63, 3.8) is 0 Å². The summed E-state index contributed by atoms with van der Waals surface area (Å²) in [6.07, 6.45) is 3.59. The van der Waals surface area contributed by atoms with Gasteiger partial charge in [0.15, 0.2) is 5.82 Å². The smallest absolute Gasteiger partial charge is 0.315 e. The van der Waals surface area contributed by atoms with Crippen LogP contribution in [0.1, 0.15) is 64.1 Å². The second-order valence-corrected chi connectivity index (χ2v) is 10.1. The molecule has 0 unspecified atom stereocenters. The van der Waals surface area contributed by atoms with Crippen molar-refractivity contribution in [2.24, 2.45) is 0 Å². The average molecular weight is 505 g/mol. The SMILES string of the molecule is Cc1cc2c(cc1-n1cnc(C3CC3)c1)C(=O)N(c1cccc(-c3ncc4n3[C@H](C(F)(F)F)CC4)n1)C2. The number of rotatable bonds is 4. The van der Waals surface area contributed by atoms with Crippen molar-refractivity contribution < 1.29 is 18.0 Å². The van der Waals surface area contributed by atoms with Crippen molar-refractivity contribution in [3.8, 4) is 17.2 Å². The first kappa shape index (κ1) is 22.3. The van der Waals surface area contributed by atoms with E-state index in [1.165, 1.54) is 10.8 Å². The quantitative estimate of drug-likeness (QED) is 0.367. The minimum absolute atomic E-state index is 0.00524. The monoisotopic (exact) mass is 504 g/mol. The van der Waals surface area contributed by atoms with Crippen LogP contribution in [-0.2, 0) is 13.0 Å². The molecule has 7 nitrogen and oxygen atoms in total. The van der Waals surface area contributed by atoms with Crippen LogP contribution in [-0.4, -0.2) is 36.2 Å². The second kappa shape index (κ2) is 7.77. The highest BCUT2D eigenvalue weighted by Gasteiger charge is 2.45. The first-order valence-electron chi connectivity index (χ1n) is 12.4. The van der Waals surface area contributed by atoms with Crippen molar-refractivity contribution in [1.82, 2.24) is 24.1 Å². The van der Waals surface area contributed by atoms with Gasteiger partial charge in [0.1, 0.15) is 17.6 Å². The van der Waals surface area contributed by atoms with Crippen molar-refractivity contribution in [3.05, 3.63) is 77.1 Å². The number of aryl methyl sites for hydroxylation is 2. The zero-order valence-electron chi connectivity index (χ0n) is 20.0. The largest absolute Gasteiger partial charge is 0.409 e. The summed E-state index contributed by atoms with van der Waals surface area (Å²) in [7, 11) is 0. The standard InChI is InChI=1S/C27H23F3N6O/c1-15-9-17-12-35(26(37)19(17)10-22(15)34-13-21(32-14-34)16-5-6-16)24-4-2-3-20(33-24)25-31-11-18-7-8-23(36(18)25)27(28,29)30/h2-4,9-11,13-14,16,23H,5-8,12H2,1H3/t23-/m0/s1. The third-order valence-corrected chi connectivity index (χ3v) is 7.58. The number of fused-ring (bicyclic) bond motifs is 2. The number of pyridine rings is 1. The summed E-state index contributed by atoms with van der Waals surface area (Å²) in [6, 6.07) is 7.33. The molecule has 1 aromatic carbocycles. The highest BCUT2D eigenvalue weighted by molar-refractivity contribution is 6.10. The molecular weight excluding hydrogens is 481 g/mol. The molecule has 3 aliphatic rings. The highest BCUT2D eigenvalue weighted by atomic mass is 19.4. The third kappa shape index (κ3) is 3.57. The Bertz CT molecular complexity index is 1560. The Labute approximate surface area is 210 Å². The summed E-state index contributed by atoms with van der Waals surface area (Å²) in [5.41, 5.74) is 5.34. The van der Waals surface area contributed by atoms with E-state index in [0.717, 1.165) is 35.3 Å². The zero-order chi connectivity index (χ0) is 25.5. The number of halogens is 3. The lowest BCUT2D eigenvalue weighted by Gasteiger charge is -2.20. The molecule has 37 heavy (non-hydrogen) atoms. The molecule has 7 rings (SSSR count). The van der Waals surface area contributed by atoms with Crippen LogP contribution in [0.15, 0.2) is 49.1 Å². The van der Waals surface area contributed by atoms with Crippen LogP contribution in [0.3, 0.4) is 0 Å². The molecule has 3 aromatic heterocycles. The van der Waals surface area contributed by atoms with Gasteiger partial charge in [-0.25, -0.2) is 15.0 Å². The van der Waals surface area contributed by atoms with Crippen LogP contribution in [0.4, 0.5) is 19.0 Å². The molecule has 0 spiro atoms. The second-order valence-electron chi connectivity index (χ2n) is 10.1. The molecular formula is C27H23F3N6O. The fourth-order valence-electron chi connectivity index (χ4n) is 5.54. The molecule has 0 radical (unpaired) electrons. The van der Waals surface area contributed by atoms with E-state index in [1.807, 2.05) is 29.8 Å². The van der Waals surface area contributed by atoms with Crippen molar-refractivity contribution in [1.29, 1.82) is 0 Å². The molecule has 2 aliphatic heterocycles. The van der Waals surface area contributed by atoms with E-state index in [2.05, 4.69) is 15.0 Å². The molecule has 1 atom stereocenters. The summed E-state index contributed by atoms with van der Waals surface area (Å²) >= 11 is 0. The number of anilines is 1. The Kier molecular flexibility index (Phi) is 4.68. The van der Waals surface area contributed by atoms with Crippen LogP contribution in [0, 0.1) is 6.92 Å². The lowest BCUT2D eigenvalue weighted by atomic mass is 10.0. The van der Waals surface area contributed by atoms with Gasteiger partial charge in [-0.1, -0.05) is 12.1 Å². The van der Waals surface area contributed by atoms with Gasteiger partial charge in [0.05, 0.1) is 24.3 Å². The van der Waals surface area contributed by atoms with Crippen molar-refractivity contribution in [2.75, 3.05) is 4.90 Å². The number of carbonyl (C=O) groups excluding carboxylic acids is 1. The Balaban J connectivity index is 1.21. The molecule has 10 heteroatoms. The van der Waals surface area contributed by atoms with E-state index in [9.17, 15) is 18.0 Å². The predicted molar refractivity (Wildman–Crippen MR) is 130 cm³/mol. The van der Waals surface area contributed by atoms with Gasteiger partial charge in [-0.2, -0.15) is 13.2 Å². The fourth-order valence-corrected chi connectivity index (χ4v) is 5.54. The van der Waals surface area contributed by atoms with Gasteiger partial charge in [0.2, 0.25) is 0 Å². The van der Waals surface area contributed by atoms with Gasteiger partial charge in [0.25, 0.3) is 5.91 Å². The van der Waals surface area contributed by atoms with E-state index in [4.69, 9.17) is 0 Å². The van der Waals surface area contributed by atoms with Crippen LogP contribution in [0.25, 0.3) is 17.2 Å². The van der Waals surface area contributed by atoms with Gasteiger partial charge >= 0.3 is 6.18 Å². The molecule has 5 heterocycles. The first-order valence-corrected chi connectivity index (χ1v) is 12.4. The van der Waals surface area contributed by atoms with Gasteiger partial charge in [-0.3, -0.25) is 9.69 Å². The Hall–Kier alpha value is -3.95. The maximum atomic E-state index is 13.6. The van der Waals surface area contributed by atoms with Crippen LogP contribution in [0.2, 0.25) is 0 Å². The summed E-state index contributed by atoms with van der Waals surface area (Å²) in [6.45, 7) is 2.35. The van der Waals surface area contributed by atoms with E-state index in [-0.39, 0.29) is 18.2 Å². The topological polar surface area (TPSA) is 68.8 Å². The molecule has 188 valence electrons. The fraction of sp³-hybridized carbons (Fsp3) is 0.333. The lowest BCUT2D eigenvalue weighted by Crippen LogP contribution is -2.25. The Morgan fingerprint density at radius 1 is 1.08 bits per heavy atom. The molecule has 4 aromatic rings. The van der Waals surface area contributed by atoms with E-state index < -0.39 is 12.2 Å². The maximum absolute atomic E-state index is 13.6. The minimum Gasteiger partial charge on any atom is -0.315 e. The number of alkyl halides is 3. The molecule has 1 fully saturated rings. The molecule has 0 saturated heterocycles. The lowest BCUT2D eigenvalue weighted by molar-refractivity contribution is -0.165. The highest BCUT2D eigenvalue weighted by Crippen LogP contribution is 2.42. The first-order chi connectivity index (χ1) is 17.8. The van der Waals surface area contributed by atoms with Gasteiger partial charge < -0.3 is 9.13 Å². The normalized spacial score (nSPS) is 19.0. The van der Waals surface area contributed by atoms with Crippen LogP contribution in [0.5, 0.6) is 0 Å². The van der Waals surface area contributed by atoms with Crippen molar-refractivity contribution >= 4 is 11.7 Å². The molecule has 1 amide bonds. The van der Waals surface area contributed by atoms with Crippen LogP contribution < -0.4 is 4.90 Å². The number of imidazole rings is 2. The number of benzene rings is 1. The molecule has 1 aliphatic carbocycles. The summed E-state index contributed by atoms with van der Waals surface area (Å²) < 4.78 is 44.1. The maximum Gasteiger partial charge on any atom is 0.409 e. The summed E-state index contributed by atoms with van der Waals surface area (Å²) in [4.78, 5) is 28.4. The number of amides is 1. The number of nitrogens with zero attached hydrogens (tertiary/aromatic N) is 6. The number of hydrogen-bond donors (Lipinski definition) is 0. The third-order valence-electron chi connectivity index (χ3n) is 7.58. The minimum atomic E-state index is -4.37. The zero-order valence-corrected chi connectivity index (χ0v) is 20.0. The van der Waals surface area contributed by atoms with E-state index in [0.29, 0.717) is 41.7 Å². The Morgan fingerprint density at radius 2 is 1.92 bits per heavy atom. The molecule has 0 bridgehead atoms. The summed E-state index contributed by atoms with van der Waals surface area (Å²) in [5.74, 6) is 0.903. The number of hydrogen-bond acceptors (Lipinski definition) is 4. The average Bonchev–Trinajstić information content (AvgIpc) is 3.20. The number of aromatic nitrogens is 5. The molecule has 1 saturated carbocycles. The predicted octanol–water partition coefficient (Wildman–Crippen LogP) is 5.53. The van der Waals surface area contributed by atoms with Crippen molar-refractivity contribution in [2.45, 2.75) is 57.3 Å². The summed E-state index contributed by atoms with van der Waals surface area (Å²) in [5, 5.41) is 0. The number of carbonyl (C=O) groups is 1.